The zero-order chi connectivity index (χ0) is 12.6. The molecule has 3 rings (SSSR count). The fraction of sp³-hybridized carbons (Fsp3) is 0.455. The molecule has 1 aliphatic rings. The Labute approximate surface area is 105 Å². The number of nitrogens with one attached hydrogen (secondary N) is 2. The highest BCUT2D eigenvalue weighted by Crippen LogP contribution is 2.37. The molecule has 0 bridgehead atoms. The monoisotopic (exact) mass is 245 g/mol. The van der Waals surface area contributed by atoms with Crippen LogP contribution in [0.3, 0.4) is 0 Å². The average Bonchev–Trinajstić information content (AvgIpc) is 2.89. The van der Waals surface area contributed by atoms with E-state index in [1.165, 1.54) is 0 Å². The fourth-order valence-electron chi connectivity index (χ4n) is 1.60. The summed E-state index contributed by atoms with van der Waals surface area (Å²) >= 11 is 0. The van der Waals surface area contributed by atoms with Crippen LogP contribution in [0.4, 0.5) is 11.9 Å². The van der Waals surface area contributed by atoms with Gasteiger partial charge in [-0.2, -0.15) is 20.1 Å². The second kappa shape index (κ2) is 3.94. The molecule has 7 heteroatoms. The zero-order valence-electron chi connectivity index (χ0n) is 10.4. The number of hydrogen-bond acceptors (Lipinski definition) is 6. The molecule has 0 radical (unpaired) electrons. The van der Waals surface area contributed by atoms with Gasteiger partial charge in [0.2, 0.25) is 11.9 Å². The van der Waals surface area contributed by atoms with Gasteiger partial charge in [-0.3, -0.25) is 0 Å². The van der Waals surface area contributed by atoms with Gasteiger partial charge in [-0.05, 0) is 25.8 Å². The molecular formula is C11H15N7. The number of hydrogen-bond donors (Lipinski definition) is 2. The largest absolute Gasteiger partial charge is 0.357 e. The molecule has 2 aromatic heterocycles. The van der Waals surface area contributed by atoms with E-state index in [0.29, 0.717) is 17.8 Å². The summed E-state index contributed by atoms with van der Waals surface area (Å²) in [7, 11) is 1.78. The third-order valence-electron chi connectivity index (χ3n) is 2.97. The molecule has 0 aromatic carbocycles. The molecule has 94 valence electrons. The molecule has 0 aliphatic heterocycles. The van der Waals surface area contributed by atoms with E-state index in [1.807, 2.05) is 6.07 Å². The van der Waals surface area contributed by atoms with Crippen molar-refractivity contribution in [2.75, 3.05) is 17.7 Å². The lowest BCUT2D eigenvalue weighted by atomic mass is 10.3. The van der Waals surface area contributed by atoms with E-state index in [2.05, 4.69) is 37.6 Å². The van der Waals surface area contributed by atoms with Crippen LogP contribution in [0.1, 0.15) is 19.8 Å². The van der Waals surface area contributed by atoms with Crippen LogP contribution < -0.4 is 10.6 Å². The molecule has 0 atom stereocenters. The second-order valence-electron chi connectivity index (χ2n) is 4.67. The summed E-state index contributed by atoms with van der Waals surface area (Å²) in [5, 5.41) is 10.4. The molecule has 18 heavy (non-hydrogen) atoms. The first-order chi connectivity index (χ1) is 8.68. The van der Waals surface area contributed by atoms with Crippen LogP contribution in [0.5, 0.6) is 0 Å². The van der Waals surface area contributed by atoms with Gasteiger partial charge in [0.1, 0.15) is 0 Å². The Kier molecular flexibility index (Phi) is 2.39. The Morgan fingerprint density at radius 3 is 2.61 bits per heavy atom. The molecule has 0 unspecified atom stereocenters. The standard InChI is InChI=1S/C11H15N7/c1-11(4-5-11)17-9-14-8(12-2)15-10(16-9)18-7-3-6-13-18/h3,6-7H,4-5H2,1-2H3,(H2,12,14,15,16,17). The van der Waals surface area contributed by atoms with Gasteiger partial charge in [0.25, 0.3) is 5.95 Å². The van der Waals surface area contributed by atoms with Gasteiger partial charge in [-0.1, -0.05) is 0 Å². The van der Waals surface area contributed by atoms with Gasteiger partial charge in [0.15, 0.2) is 0 Å². The quantitative estimate of drug-likeness (QED) is 0.838. The van der Waals surface area contributed by atoms with Crippen molar-refractivity contribution in [3.63, 3.8) is 0 Å². The first-order valence-electron chi connectivity index (χ1n) is 5.91. The van der Waals surface area contributed by atoms with E-state index < -0.39 is 0 Å². The third-order valence-corrected chi connectivity index (χ3v) is 2.97. The summed E-state index contributed by atoms with van der Waals surface area (Å²) in [6.07, 6.45) is 5.78. The summed E-state index contributed by atoms with van der Waals surface area (Å²) in [6.45, 7) is 2.16. The molecule has 2 N–H and O–H groups in total. The van der Waals surface area contributed by atoms with Gasteiger partial charge >= 0.3 is 0 Å². The van der Waals surface area contributed by atoms with Crippen LogP contribution in [0.15, 0.2) is 18.5 Å². The van der Waals surface area contributed by atoms with Crippen LogP contribution in [-0.4, -0.2) is 37.3 Å². The van der Waals surface area contributed by atoms with Gasteiger partial charge in [0.05, 0.1) is 0 Å². The second-order valence-corrected chi connectivity index (χ2v) is 4.67. The van der Waals surface area contributed by atoms with E-state index in [9.17, 15) is 0 Å². The highest BCUT2D eigenvalue weighted by molar-refractivity contribution is 5.40. The normalized spacial score (nSPS) is 16.3. The first-order valence-corrected chi connectivity index (χ1v) is 5.91. The summed E-state index contributed by atoms with van der Waals surface area (Å²) in [5.74, 6) is 1.62. The molecular weight excluding hydrogens is 230 g/mol. The van der Waals surface area contributed by atoms with Crippen LogP contribution in [0.2, 0.25) is 0 Å². The summed E-state index contributed by atoms with van der Waals surface area (Å²) in [4.78, 5) is 12.9. The Balaban J connectivity index is 1.96. The molecule has 7 nitrogen and oxygen atoms in total. The molecule has 0 spiro atoms. The highest BCUT2D eigenvalue weighted by Gasteiger charge is 2.38. The average molecular weight is 245 g/mol. The summed E-state index contributed by atoms with van der Waals surface area (Å²) < 4.78 is 1.61. The Hall–Kier alpha value is -2.18. The minimum absolute atomic E-state index is 0.133. The summed E-state index contributed by atoms with van der Waals surface area (Å²) in [5.41, 5.74) is 0.133. The first kappa shape index (κ1) is 10.9. The smallest absolute Gasteiger partial charge is 0.257 e. The number of nitrogens with zero attached hydrogens (tertiary/aromatic N) is 5. The number of rotatable bonds is 4. The predicted molar refractivity (Wildman–Crippen MR) is 67.8 cm³/mol. The van der Waals surface area contributed by atoms with Crippen molar-refractivity contribution in [1.29, 1.82) is 0 Å². The number of anilines is 2. The van der Waals surface area contributed by atoms with Crippen molar-refractivity contribution < 1.29 is 0 Å². The van der Waals surface area contributed by atoms with Crippen molar-refractivity contribution in [2.45, 2.75) is 25.3 Å². The topological polar surface area (TPSA) is 80.5 Å². The van der Waals surface area contributed by atoms with E-state index in [4.69, 9.17) is 0 Å². The van der Waals surface area contributed by atoms with E-state index >= 15 is 0 Å². The lowest BCUT2D eigenvalue weighted by molar-refractivity contribution is 0.771. The van der Waals surface area contributed by atoms with Crippen molar-refractivity contribution in [3.05, 3.63) is 18.5 Å². The van der Waals surface area contributed by atoms with Gasteiger partial charge in [-0.25, -0.2) is 4.68 Å². The van der Waals surface area contributed by atoms with Crippen molar-refractivity contribution in [1.82, 2.24) is 24.7 Å². The van der Waals surface area contributed by atoms with E-state index in [0.717, 1.165) is 12.8 Å². The van der Waals surface area contributed by atoms with Gasteiger partial charge in [0, 0.05) is 25.0 Å². The Bertz CT molecular complexity index is 545. The maximum Gasteiger partial charge on any atom is 0.257 e. The van der Waals surface area contributed by atoms with Crippen molar-refractivity contribution in [2.24, 2.45) is 0 Å². The Morgan fingerprint density at radius 2 is 2.00 bits per heavy atom. The molecule has 0 saturated heterocycles. The van der Waals surface area contributed by atoms with Crippen LogP contribution in [0.25, 0.3) is 5.95 Å². The van der Waals surface area contributed by atoms with Crippen molar-refractivity contribution in [3.8, 4) is 5.95 Å². The van der Waals surface area contributed by atoms with Crippen LogP contribution in [-0.2, 0) is 0 Å². The SMILES string of the molecule is CNc1nc(NC2(C)CC2)nc(-n2cccn2)n1. The molecule has 1 saturated carbocycles. The Morgan fingerprint density at radius 1 is 1.22 bits per heavy atom. The third kappa shape index (κ3) is 2.11. The van der Waals surface area contributed by atoms with E-state index in [1.54, 1.807) is 24.1 Å². The highest BCUT2D eigenvalue weighted by atomic mass is 15.4. The minimum atomic E-state index is 0.133. The van der Waals surface area contributed by atoms with Gasteiger partial charge < -0.3 is 10.6 Å². The minimum Gasteiger partial charge on any atom is -0.357 e. The predicted octanol–water partition coefficient (Wildman–Crippen LogP) is 1.06. The molecule has 0 amide bonds. The zero-order valence-corrected chi connectivity index (χ0v) is 10.4. The van der Waals surface area contributed by atoms with Crippen LogP contribution >= 0.6 is 0 Å². The lowest BCUT2D eigenvalue weighted by Gasteiger charge is -2.12. The maximum absolute atomic E-state index is 4.38. The molecule has 1 aliphatic carbocycles. The van der Waals surface area contributed by atoms with Crippen LogP contribution in [0, 0.1) is 0 Å². The van der Waals surface area contributed by atoms with Crippen molar-refractivity contribution >= 4 is 11.9 Å². The lowest BCUT2D eigenvalue weighted by Crippen LogP contribution is -2.20. The van der Waals surface area contributed by atoms with E-state index in [-0.39, 0.29) is 5.54 Å². The summed E-state index contributed by atoms with van der Waals surface area (Å²) in [6, 6.07) is 1.83. The molecule has 1 fully saturated rings. The maximum atomic E-state index is 4.38. The molecule has 2 aromatic rings. The van der Waals surface area contributed by atoms with Gasteiger partial charge in [-0.15, -0.1) is 0 Å². The molecule has 2 heterocycles. The fourth-order valence-corrected chi connectivity index (χ4v) is 1.60. The number of aromatic nitrogens is 5.